The number of amides is 2. The molecule has 5 rings (SSSR count). The SMILES string of the molecule is COCC(=O)Nc1cc(-c2ccccn2)c2c(c1O)C(=O)C1=C(O)[C@]3(O)C(=O)C(C(N)=O)=C(O)[C@H](N(C)C)[C@@H]3C[C@@H]1C2. The van der Waals surface area contributed by atoms with E-state index >= 15 is 0 Å². The van der Waals surface area contributed by atoms with Crippen LogP contribution >= 0.6 is 0 Å². The highest BCUT2D eigenvalue weighted by molar-refractivity contribution is 6.25. The molecule has 1 aromatic carbocycles. The summed E-state index contributed by atoms with van der Waals surface area (Å²) in [6.45, 7) is -0.330. The number of phenolic OH excluding ortho intramolecular Hbond substituents is 1. The highest BCUT2D eigenvalue weighted by Crippen LogP contribution is 2.53. The number of aromatic nitrogens is 1. The van der Waals surface area contributed by atoms with Crippen molar-refractivity contribution in [3.8, 4) is 17.0 Å². The topological polar surface area (TPSA) is 213 Å². The van der Waals surface area contributed by atoms with Crippen LogP contribution in [-0.4, -0.2) is 93.1 Å². The van der Waals surface area contributed by atoms with Crippen molar-refractivity contribution in [2.75, 3.05) is 33.1 Å². The number of carbonyl (C=O) groups excluding carboxylic acids is 4. The molecule has 0 radical (unpaired) electrons. The number of allylic oxidation sites excluding steroid dienone is 1. The maximum atomic E-state index is 14.1. The van der Waals surface area contributed by atoms with Gasteiger partial charge >= 0.3 is 0 Å². The van der Waals surface area contributed by atoms with Crippen molar-refractivity contribution in [2.24, 2.45) is 17.6 Å². The maximum absolute atomic E-state index is 14.1. The molecule has 0 saturated heterocycles. The Kier molecular flexibility index (Phi) is 7.13. The molecule has 0 spiro atoms. The minimum Gasteiger partial charge on any atom is -0.510 e. The van der Waals surface area contributed by atoms with Crippen molar-refractivity contribution in [3.63, 3.8) is 0 Å². The molecule has 3 aliphatic rings. The Hall–Kier alpha value is -4.59. The fourth-order valence-electron chi connectivity index (χ4n) is 6.48. The van der Waals surface area contributed by atoms with E-state index in [-0.39, 0.29) is 36.3 Å². The number of likely N-dealkylation sites (N-methyl/N-ethyl adjacent to an activating group) is 1. The zero-order chi connectivity index (χ0) is 30.7. The number of primary amides is 1. The lowest BCUT2D eigenvalue weighted by Crippen LogP contribution is -2.63. The maximum Gasteiger partial charge on any atom is 0.255 e. The second-order valence-corrected chi connectivity index (χ2v) is 10.8. The molecule has 4 atom stereocenters. The highest BCUT2D eigenvalue weighted by atomic mass is 16.5. The Morgan fingerprint density at radius 2 is 1.93 bits per heavy atom. The predicted molar refractivity (Wildman–Crippen MR) is 147 cm³/mol. The van der Waals surface area contributed by atoms with Gasteiger partial charge in [-0.15, -0.1) is 0 Å². The molecule has 1 heterocycles. The van der Waals surface area contributed by atoms with Gasteiger partial charge in [-0.2, -0.15) is 0 Å². The molecule has 42 heavy (non-hydrogen) atoms. The molecule has 13 nitrogen and oxygen atoms in total. The number of aromatic hydroxyl groups is 1. The number of pyridine rings is 1. The number of rotatable bonds is 6. The number of benzene rings is 1. The zero-order valence-electron chi connectivity index (χ0n) is 23.0. The van der Waals surface area contributed by atoms with Crippen LogP contribution in [0.1, 0.15) is 22.3 Å². The Labute approximate surface area is 239 Å². The highest BCUT2D eigenvalue weighted by Gasteiger charge is 2.63. The Morgan fingerprint density at radius 3 is 2.52 bits per heavy atom. The molecule has 13 heteroatoms. The van der Waals surface area contributed by atoms with Crippen molar-refractivity contribution >= 4 is 29.1 Å². The smallest absolute Gasteiger partial charge is 0.255 e. The molecule has 0 bridgehead atoms. The number of nitrogens with zero attached hydrogens (tertiary/aromatic N) is 2. The number of Topliss-reactive ketones (excluding diaryl/α,β-unsaturated/α-hetero) is 2. The van der Waals surface area contributed by atoms with E-state index in [4.69, 9.17) is 10.5 Å². The number of hydrogen-bond acceptors (Lipinski definition) is 11. The Balaban J connectivity index is 1.74. The monoisotopic (exact) mass is 578 g/mol. The van der Waals surface area contributed by atoms with Crippen molar-refractivity contribution < 1.29 is 44.3 Å². The number of fused-ring (bicyclic) bond motifs is 3. The summed E-state index contributed by atoms with van der Waals surface area (Å²) in [5.41, 5.74) is 2.34. The van der Waals surface area contributed by atoms with Crippen LogP contribution in [0, 0.1) is 11.8 Å². The molecule has 2 aromatic rings. The fraction of sp³-hybridized carbons (Fsp3) is 0.345. The van der Waals surface area contributed by atoms with E-state index in [1.807, 2.05) is 0 Å². The predicted octanol–water partition coefficient (Wildman–Crippen LogP) is 0.768. The van der Waals surface area contributed by atoms with Gasteiger partial charge in [0.15, 0.2) is 17.1 Å². The van der Waals surface area contributed by atoms with Gasteiger partial charge in [-0.3, -0.25) is 29.1 Å². The third kappa shape index (κ3) is 4.16. The van der Waals surface area contributed by atoms with Gasteiger partial charge in [0, 0.05) is 30.4 Å². The first-order valence-electron chi connectivity index (χ1n) is 13.1. The average Bonchev–Trinajstić information content (AvgIpc) is 2.92. The van der Waals surface area contributed by atoms with Crippen molar-refractivity contribution in [1.29, 1.82) is 0 Å². The number of aliphatic hydroxyl groups is 3. The molecule has 2 amide bonds. The average molecular weight is 579 g/mol. The second kappa shape index (κ2) is 10.4. The van der Waals surface area contributed by atoms with Gasteiger partial charge in [-0.25, -0.2) is 0 Å². The number of methoxy groups -OCH3 is 1. The van der Waals surface area contributed by atoms with E-state index in [0.29, 0.717) is 16.8 Å². The summed E-state index contributed by atoms with van der Waals surface area (Å²) >= 11 is 0. The Morgan fingerprint density at radius 1 is 1.21 bits per heavy atom. The van der Waals surface area contributed by atoms with E-state index < -0.39 is 69.7 Å². The lowest BCUT2D eigenvalue weighted by molar-refractivity contribution is -0.148. The van der Waals surface area contributed by atoms with E-state index in [1.165, 1.54) is 18.1 Å². The van der Waals surface area contributed by atoms with Crippen LogP contribution < -0.4 is 11.1 Å². The molecular formula is C29H30N4O9. The van der Waals surface area contributed by atoms with Crippen LogP contribution in [0.2, 0.25) is 0 Å². The molecule has 0 fully saturated rings. The molecule has 220 valence electrons. The number of hydrogen-bond donors (Lipinski definition) is 6. The molecule has 7 N–H and O–H groups in total. The standard InChI is InChI=1S/C29H30N4O9/c1-33(2)22-15-9-12-8-14-13(16-6-4-5-7-31-16)10-17(32-18(34)11-42-3)23(35)20(14)24(36)19(12)26(38)29(15,41)27(39)21(25(22)37)28(30)40/h4-7,10,12,15,22,35,37-38,41H,8-9,11H2,1-3H3,(H2,30,40)(H,32,34)/t12-,15-,22+,29-/m0/s1. The molecule has 3 aliphatic carbocycles. The van der Waals surface area contributed by atoms with E-state index in [2.05, 4.69) is 10.3 Å². The lowest BCUT2D eigenvalue weighted by atomic mass is 9.58. The summed E-state index contributed by atoms with van der Waals surface area (Å²) < 4.78 is 4.85. The number of ether oxygens (including phenoxy) is 1. The van der Waals surface area contributed by atoms with Crippen molar-refractivity contribution in [1.82, 2.24) is 9.88 Å². The summed E-state index contributed by atoms with van der Waals surface area (Å²) in [5.74, 6) is -8.22. The van der Waals surface area contributed by atoms with Gasteiger partial charge < -0.3 is 36.2 Å². The summed E-state index contributed by atoms with van der Waals surface area (Å²) in [6, 6.07) is 5.51. The minimum absolute atomic E-state index is 0.0551. The molecule has 0 aliphatic heterocycles. The van der Waals surface area contributed by atoms with Gasteiger partial charge in [0.2, 0.25) is 11.7 Å². The van der Waals surface area contributed by atoms with E-state index in [9.17, 15) is 39.6 Å². The number of carbonyl (C=O) groups is 4. The number of nitrogens with two attached hydrogens (primary N) is 1. The molecule has 1 aromatic heterocycles. The Bertz CT molecular complexity index is 1600. The van der Waals surface area contributed by atoms with Crippen LogP contribution in [0.4, 0.5) is 5.69 Å². The van der Waals surface area contributed by atoms with Gasteiger partial charge in [0.1, 0.15) is 23.7 Å². The fourth-order valence-corrected chi connectivity index (χ4v) is 6.48. The van der Waals surface area contributed by atoms with Crippen LogP contribution in [-0.2, 0) is 25.5 Å². The molecule has 0 unspecified atom stereocenters. The largest absolute Gasteiger partial charge is 0.510 e. The third-order valence-electron chi connectivity index (χ3n) is 8.21. The summed E-state index contributed by atoms with van der Waals surface area (Å²) in [6.07, 6.45) is 1.56. The number of nitrogens with one attached hydrogen (secondary N) is 1. The van der Waals surface area contributed by atoms with Crippen molar-refractivity contribution in [3.05, 3.63) is 64.3 Å². The van der Waals surface area contributed by atoms with E-state index in [0.717, 1.165) is 0 Å². The summed E-state index contributed by atoms with van der Waals surface area (Å²) in [5, 5.41) is 48.0. The quantitative estimate of drug-likeness (QED) is 0.208. The second-order valence-electron chi connectivity index (χ2n) is 10.8. The van der Waals surface area contributed by atoms with Gasteiger partial charge in [-0.05, 0) is 56.6 Å². The van der Waals surface area contributed by atoms with Gasteiger partial charge in [-0.1, -0.05) is 6.07 Å². The first-order valence-corrected chi connectivity index (χ1v) is 13.1. The molecule has 0 saturated carbocycles. The first kappa shape index (κ1) is 28.9. The zero-order valence-corrected chi connectivity index (χ0v) is 23.0. The van der Waals surface area contributed by atoms with Gasteiger partial charge in [0.25, 0.3) is 5.91 Å². The minimum atomic E-state index is -2.76. The van der Waals surface area contributed by atoms with Crippen LogP contribution in [0.5, 0.6) is 5.75 Å². The normalized spacial score (nSPS) is 25.2. The number of ketones is 2. The number of aliphatic hydroxyl groups excluding tert-OH is 2. The first-order chi connectivity index (χ1) is 19.8. The third-order valence-corrected chi connectivity index (χ3v) is 8.21. The summed E-state index contributed by atoms with van der Waals surface area (Å²) in [4.78, 5) is 58.0. The van der Waals surface area contributed by atoms with Crippen LogP contribution in [0.3, 0.4) is 0 Å². The number of anilines is 1. The van der Waals surface area contributed by atoms with Crippen LogP contribution in [0.15, 0.2) is 53.1 Å². The van der Waals surface area contributed by atoms with Crippen molar-refractivity contribution in [2.45, 2.75) is 24.5 Å². The van der Waals surface area contributed by atoms with Crippen LogP contribution in [0.25, 0.3) is 11.3 Å². The summed E-state index contributed by atoms with van der Waals surface area (Å²) in [7, 11) is 4.44. The lowest BCUT2D eigenvalue weighted by Gasteiger charge is -2.50. The number of phenols is 1. The molecular weight excluding hydrogens is 548 g/mol. The van der Waals surface area contributed by atoms with E-state index in [1.54, 1.807) is 38.5 Å². The van der Waals surface area contributed by atoms with Gasteiger partial charge in [0.05, 0.1) is 23.0 Å².